The highest BCUT2D eigenvalue weighted by molar-refractivity contribution is 6.30. The van der Waals surface area contributed by atoms with E-state index in [2.05, 4.69) is 116 Å². The van der Waals surface area contributed by atoms with Crippen molar-refractivity contribution < 1.29 is 4.79 Å². The normalized spacial score (nSPS) is 13.1. The maximum atomic E-state index is 13.0. The van der Waals surface area contributed by atoms with Crippen LogP contribution in [0, 0.1) is 0 Å². The van der Waals surface area contributed by atoms with Gasteiger partial charge in [-0.3, -0.25) is 4.79 Å². The predicted octanol–water partition coefficient (Wildman–Crippen LogP) is 9.27. The quantitative estimate of drug-likeness (QED) is 0.201. The molecule has 0 aliphatic rings. The molecule has 0 saturated carbocycles. The van der Waals surface area contributed by atoms with Crippen LogP contribution in [0.3, 0.4) is 0 Å². The summed E-state index contributed by atoms with van der Waals surface area (Å²) in [4.78, 5) is 15.0. The number of allylic oxidation sites excluding steroid dienone is 1. The molecule has 1 amide bonds. The van der Waals surface area contributed by atoms with Crippen molar-refractivity contribution in [2.75, 3.05) is 0 Å². The summed E-state index contributed by atoms with van der Waals surface area (Å²) < 4.78 is 0. The van der Waals surface area contributed by atoms with Gasteiger partial charge in [-0.2, -0.15) is 0 Å². The van der Waals surface area contributed by atoms with E-state index < -0.39 is 0 Å². The first-order valence-electron chi connectivity index (χ1n) is 13.1. The number of nitrogens with zero attached hydrogens (tertiary/aromatic N) is 1. The van der Waals surface area contributed by atoms with Crippen LogP contribution in [0.15, 0.2) is 115 Å². The number of benzene rings is 5. The van der Waals surface area contributed by atoms with Crippen LogP contribution in [0.2, 0.25) is 5.02 Å². The minimum absolute atomic E-state index is 0.0164. The molecular weight excluding hydrogens is 486 g/mol. The smallest absolute Gasteiger partial charge is 0.220 e. The van der Waals surface area contributed by atoms with Gasteiger partial charge < -0.3 is 4.90 Å². The molecule has 5 rings (SSSR count). The zero-order valence-corrected chi connectivity index (χ0v) is 22.6. The summed E-state index contributed by atoms with van der Waals surface area (Å²) in [5, 5.41) is 5.58. The zero-order chi connectivity index (χ0) is 26.5. The Hall–Kier alpha value is -3.88. The highest BCUT2D eigenvalue weighted by Crippen LogP contribution is 2.31. The number of rotatable bonds is 8. The van der Waals surface area contributed by atoms with E-state index in [9.17, 15) is 4.79 Å². The van der Waals surface area contributed by atoms with E-state index in [1.54, 1.807) is 6.92 Å². The summed E-state index contributed by atoms with van der Waals surface area (Å²) in [5.41, 5.74) is 3.51. The summed E-state index contributed by atoms with van der Waals surface area (Å²) >= 11 is 6.23. The molecule has 2 nitrogen and oxygen atoms in total. The Kier molecular flexibility index (Phi) is 7.91. The van der Waals surface area contributed by atoms with Crippen LogP contribution in [-0.2, 0) is 11.3 Å². The van der Waals surface area contributed by atoms with E-state index in [1.165, 1.54) is 32.7 Å². The van der Waals surface area contributed by atoms with Gasteiger partial charge in [0.2, 0.25) is 5.91 Å². The van der Waals surface area contributed by atoms with Gasteiger partial charge in [-0.1, -0.05) is 115 Å². The number of halogens is 1. The third kappa shape index (κ3) is 5.82. The summed E-state index contributed by atoms with van der Waals surface area (Å²) in [6, 6.07) is 37.7. The Morgan fingerprint density at radius 2 is 1.50 bits per heavy atom. The largest absolute Gasteiger partial charge is 0.335 e. The Bertz CT molecular complexity index is 1580. The van der Waals surface area contributed by atoms with Gasteiger partial charge in [-0.05, 0) is 69.8 Å². The number of carbonyl (C=O) groups excluding carboxylic acids is 1. The van der Waals surface area contributed by atoms with Gasteiger partial charge >= 0.3 is 0 Å². The van der Waals surface area contributed by atoms with Crippen molar-refractivity contribution in [3.63, 3.8) is 0 Å². The van der Waals surface area contributed by atoms with E-state index in [-0.39, 0.29) is 17.9 Å². The Morgan fingerprint density at radius 3 is 2.26 bits per heavy atom. The fourth-order valence-electron chi connectivity index (χ4n) is 5.35. The monoisotopic (exact) mass is 517 g/mol. The molecule has 38 heavy (non-hydrogen) atoms. The predicted molar refractivity (Wildman–Crippen MR) is 161 cm³/mol. The molecule has 0 fully saturated rings. The third-order valence-electron chi connectivity index (χ3n) is 7.45. The van der Waals surface area contributed by atoms with Crippen LogP contribution in [-0.4, -0.2) is 16.8 Å². The lowest BCUT2D eigenvalue weighted by Crippen LogP contribution is -2.40. The molecule has 0 aliphatic carbocycles. The first-order valence-corrected chi connectivity index (χ1v) is 13.5. The zero-order valence-electron chi connectivity index (χ0n) is 21.8. The molecule has 5 aromatic rings. The van der Waals surface area contributed by atoms with Gasteiger partial charge in [0.1, 0.15) is 0 Å². The second kappa shape index (κ2) is 11.7. The van der Waals surface area contributed by atoms with Crippen molar-refractivity contribution in [1.82, 2.24) is 4.90 Å². The van der Waals surface area contributed by atoms with E-state index in [1.807, 2.05) is 17.0 Å². The van der Waals surface area contributed by atoms with Crippen LogP contribution < -0.4 is 0 Å². The number of carbonyl (C=O) groups is 1. The van der Waals surface area contributed by atoms with Crippen molar-refractivity contribution in [2.45, 2.75) is 38.8 Å². The Morgan fingerprint density at radius 1 is 0.816 bits per heavy atom. The highest BCUT2D eigenvalue weighted by atomic mass is 35.5. The summed E-state index contributed by atoms with van der Waals surface area (Å²) in [7, 11) is 0. The van der Waals surface area contributed by atoms with Gasteiger partial charge in [-0.25, -0.2) is 0 Å². The molecule has 190 valence electrons. The van der Waals surface area contributed by atoms with E-state index in [0.717, 1.165) is 12.0 Å². The van der Waals surface area contributed by atoms with Crippen LogP contribution in [0.1, 0.15) is 42.9 Å². The van der Waals surface area contributed by atoms with Crippen molar-refractivity contribution in [3.8, 4) is 0 Å². The maximum Gasteiger partial charge on any atom is 0.220 e. The van der Waals surface area contributed by atoms with Crippen molar-refractivity contribution >= 4 is 45.1 Å². The van der Waals surface area contributed by atoms with Crippen molar-refractivity contribution in [2.24, 2.45) is 0 Å². The fraction of sp³-hybridized carbons (Fsp3) is 0.171. The van der Waals surface area contributed by atoms with Gasteiger partial charge in [0.05, 0.1) is 0 Å². The Balaban J connectivity index is 1.43. The molecule has 0 radical (unpaired) electrons. The SMILES string of the molecule is CC(=O)N(Cc1ccc2ccccc2c1)C(C)C(CC=Cc1cccc2ccccc12)c1ccc(Cl)cc1. The lowest BCUT2D eigenvalue weighted by molar-refractivity contribution is -0.132. The van der Waals surface area contributed by atoms with E-state index in [4.69, 9.17) is 11.6 Å². The van der Waals surface area contributed by atoms with Crippen molar-refractivity contribution in [1.29, 1.82) is 0 Å². The molecule has 0 aromatic heterocycles. The summed E-state index contributed by atoms with van der Waals surface area (Å²) in [5.74, 6) is 0.186. The molecule has 2 atom stereocenters. The molecule has 5 aromatic carbocycles. The highest BCUT2D eigenvalue weighted by Gasteiger charge is 2.26. The van der Waals surface area contributed by atoms with Crippen LogP contribution in [0.5, 0.6) is 0 Å². The maximum absolute atomic E-state index is 13.0. The molecule has 0 bridgehead atoms. The molecule has 0 heterocycles. The molecule has 0 N–H and O–H groups in total. The topological polar surface area (TPSA) is 20.3 Å². The minimum atomic E-state index is -0.0164. The number of hydrogen-bond donors (Lipinski definition) is 0. The molecule has 0 saturated heterocycles. The second-order valence-corrected chi connectivity index (χ2v) is 10.4. The van der Waals surface area contributed by atoms with Crippen LogP contribution in [0.4, 0.5) is 0 Å². The number of fused-ring (bicyclic) bond motifs is 2. The first kappa shape index (κ1) is 25.8. The average molecular weight is 518 g/mol. The molecule has 0 aliphatic heterocycles. The minimum Gasteiger partial charge on any atom is -0.335 e. The molecule has 2 unspecified atom stereocenters. The van der Waals surface area contributed by atoms with Gasteiger partial charge in [0.15, 0.2) is 0 Å². The van der Waals surface area contributed by atoms with Gasteiger partial charge in [-0.15, -0.1) is 0 Å². The first-order chi connectivity index (χ1) is 18.5. The van der Waals surface area contributed by atoms with Crippen LogP contribution >= 0.6 is 11.6 Å². The van der Waals surface area contributed by atoms with Gasteiger partial charge in [0, 0.05) is 30.5 Å². The van der Waals surface area contributed by atoms with Crippen LogP contribution in [0.25, 0.3) is 27.6 Å². The lowest BCUT2D eigenvalue weighted by Gasteiger charge is -2.34. The molecule has 3 heteroatoms. The lowest BCUT2D eigenvalue weighted by atomic mass is 9.87. The second-order valence-electron chi connectivity index (χ2n) is 9.93. The van der Waals surface area contributed by atoms with Crippen molar-refractivity contribution in [3.05, 3.63) is 137 Å². The standard InChI is InChI=1S/C35H32ClNO/c1-25(37(26(2)38)24-27-17-18-28-9-3-4-11-32(28)23-27)34(31-19-21-33(36)22-20-31)16-8-14-30-13-7-12-29-10-5-6-15-35(29)30/h3-15,17-23,25,34H,16,24H2,1-2H3. The summed E-state index contributed by atoms with van der Waals surface area (Å²) in [6.45, 7) is 4.40. The average Bonchev–Trinajstić information content (AvgIpc) is 2.94. The summed E-state index contributed by atoms with van der Waals surface area (Å²) in [6.07, 6.45) is 5.25. The number of amides is 1. The number of hydrogen-bond acceptors (Lipinski definition) is 1. The third-order valence-corrected chi connectivity index (χ3v) is 7.71. The molecule has 0 spiro atoms. The van der Waals surface area contributed by atoms with E-state index >= 15 is 0 Å². The fourth-order valence-corrected chi connectivity index (χ4v) is 5.48. The molecular formula is C35H32ClNO. The van der Waals surface area contributed by atoms with E-state index in [0.29, 0.717) is 11.6 Å². The Labute approximate surface area is 230 Å². The van der Waals surface area contributed by atoms with Gasteiger partial charge in [0.25, 0.3) is 0 Å².